The molecular formula is C35H45N3O3. The van der Waals surface area contributed by atoms with Crippen molar-refractivity contribution in [1.29, 1.82) is 0 Å². The average molecular weight is 556 g/mol. The number of anilines is 1. The Kier molecular flexibility index (Phi) is 8.98. The first kappa shape index (κ1) is 29.1. The van der Waals surface area contributed by atoms with Crippen LogP contribution in [-0.4, -0.2) is 23.9 Å². The zero-order chi connectivity index (χ0) is 29.0. The molecule has 3 aromatic rings. The first-order valence-corrected chi connectivity index (χ1v) is 15.3. The highest BCUT2D eigenvalue weighted by atomic mass is 16.3. The number of amides is 2. The van der Waals surface area contributed by atoms with Crippen LogP contribution in [0, 0.1) is 11.8 Å². The Labute approximate surface area is 244 Å². The molecule has 0 bridgehead atoms. The van der Waals surface area contributed by atoms with Crippen molar-refractivity contribution in [2.45, 2.75) is 96.1 Å². The molecule has 6 heteroatoms. The van der Waals surface area contributed by atoms with E-state index in [9.17, 15) is 9.59 Å². The van der Waals surface area contributed by atoms with E-state index >= 15 is 0 Å². The molecule has 0 saturated heterocycles. The standard InChI is InChI=1S/C35H45N3O3/c1-35(2,3)27-12-8-26(9-13-27)33(39)37-30-18-10-25(11-19-30)31-20-21-32(41-31)34(40)38-29-16-6-24(7-17-29)22-23-4-14-28(36)15-5-23/h8-13,18-21,23-24,28-29H,4-7,14-17,22,36H2,1-3H3,(H,37,39)(H,38,40). The van der Waals surface area contributed by atoms with Gasteiger partial charge < -0.3 is 20.8 Å². The maximum Gasteiger partial charge on any atom is 0.287 e. The molecule has 6 nitrogen and oxygen atoms in total. The Morgan fingerprint density at radius 1 is 0.780 bits per heavy atom. The summed E-state index contributed by atoms with van der Waals surface area (Å²) in [6, 6.07) is 19.4. The van der Waals surface area contributed by atoms with Gasteiger partial charge in [-0.2, -0.15) is 0 Å². The summed E-state index contributed by atoms with van der Waals surface area (Å²) in [5.41, 5.74) is 9.46. The molecule has 218 valence electrons. The van der Waals surface area contributed by atoms with Gasteiger partial charge in [0.05, 0.1) is 0 Å². The van der Waals surface area contributed by atoms with Gasteiger partial charge in [0.25, 0.3) is 11.8 Å². The minimum absolute atomic E-state index is 0.0424. The van der Waals surface area contributed by atoms with Crippen molar-refractivity contribution in [2.24, 2.45) is 17.6 Å². The molecule has 2 aromatic carbocycles. The molecule has 2 aliphatic carbocycles. The molecule has 4 N–H and O–H groups in total. The zero-order valence-corrected chi connectivity index (χ0v) is 24.7. The van der Waals surface area contributed by atoms with E-state index in [1.165, 1.54) is 50.5 Å². The minimum atomic E-state index is -0.151. The van der Waals surface area contributed by atoms with Crippen molar-refractivity contribution < 1.29 is 14.0 Å². The lowest BCUT2D eigenvalue weighted by Crippen LogP contribution is -2.38. The molecule has 2 saturated carbocycles. The second kappa shape index (κ2) is 12.6. The first-order chi connectivity index (χ1) is 19.6. The van der Waals surface area contributed by atoms with Crippen LogP contribution in [0.5, 0.6) is 0 Å². The number of nitrogens with one attached hydrogen (secondary N) is 2. The monoisotopic (exact) mass is 555 g/mol. The van der Waals surface area contributed by atoms with Crippen LogP contribution in [-0.2, 0) is 5.41 Å². The average Bonchev–Trinajstić information content (AvgIpc) is 3.46. The fourth-order valence-corrected chi connectivity index (χ4v) is 6.35. The third kappa shape index (κ3) is 7.68. The number of nitrogens with two attached hydrogens (primary N) is 1. The van der Waals surface area contributed by atoms with Gasteiger partial charge >= 0.3 is 0 Å². The predicted molar refractivity (Wildman–Crippen MR) is 165 cm³/mol. The summed E-state index contributed by atoms with van der Waals surface area (Å²) >= 11 is 0. The van der Waals surface area contributed by atoms with Crippen molar-refractivity contribution in [3.8, 4) is 11.3 Å². The van der Waals surface area contributed by atoms with Crippen molar-refractivity contribution in [2.75, 3.05) is 5.32 Å². The molecule has 2 fully saturated rings. The number of benzene rings is 2. The molecule has 0 atom stereocenters. The molecule has 0 spiro atoms. The molecule has 41 heavy (non-hydrogen) atoms. The third-order valence-electron chi connectivity index (χ3n) is 9.01. The van der Waals surface area contributed by atoms with E-state index in [-0.39, 0.29) is 23.3 Å². The van der Waals surface area contributed by atoms with Crippen LogP contribution in [0.4, 0.5) is 5.69 Å². The molecule has 0 aliphatic heterocycles. The van der Waals surface area contributed by atoms with Gasteiger partial charge in [-0.15, -0.1) is 0 Å². The van der Waals surface area contributed by atoms with Gasteiger partial charge in [0.1, 0.15) is 5.76 Å². The van der Waals surface area contributed by atoms with Crippen LogP contribution in [0.15, 0.2) is 65.1 Å². The number of rotatable bonds is 7. The SMILES string of the molecule is CC(C)(C)c1ccc(C(=O)Nc2ccc(-c3ccc(C(=O)NC4CCC(CC5CCC(N)CC5)CC4)o3)cc2)cc1. The molecule has 2 amide bonds. The summed E-state index contributed by atoms with van der Waals surface area (Å²) in [6.45, 7) is 6.46. The van der Waals surface area contributed by atoms with Gasteiger partial charge in [0.2, 0.25) is 0 Å². The van der Waals surface area contributed by atoms with Gasteiger partial charge in [-0.3, -0.25) is 9.59 Å². The van der Waals surface area contributed by atoms with Crippen molar-refractivity contribution in [3.63, 3.8) is 0 Å². The number of hydrogen-bond donors (Lipinski definition) is 3. The molecule has 0 radical (unpaired) electrons. The van der Waals surface area contributed by atoms with E-state index in [1.807, 2.05) is 54.6 Å². The second-order valence-electron chi connectivity index (χ2n) is 13.2. The van der Waals surface area contributed by atoms with Crippen LogP contribution < -0.4 is 16.4 Å². The summed E-state index contributed by atoms with van der Waals surface area (Å²) in [5.74, 6) is 2.27. The fourth-order valence-electron chi connectivity index (χ4n) is 6.35. The van der Waals surface area contributed by atoms with Crippen molar-refractivity contribution in [3.05, 3.63) is 77.6 Å². The summed E-state index contributed by atoms with van der Waals surface area (Å²) in [7, 11) is 0. The molecule has 1 aromatic heterocycles. The lowest BCUT2D eigenvalue weighted by atomic mass is 9.76. The van der Waals surface area contributed by atoms with Crippen molar-refractivity contribution in [1.82, 2.24) is 5.32 Å². The zero-order valence-electron chi connectivity index (χ0n) is 24.7. The minimum Gasteiger partial charge on any atom is -0.451 e. The third-order valence-corrected chi connectivity index (χ3v) is 9.01. The van der Waals surface area contributed by atoms with Gasteiger partial charge in [-0.25, -0.2) is 0 Å². The van der Waals surface area contributed by atoms with Crippen molar-refractivity contribution >= 4 is 17.5 Å². The van der Waals surface area contributed by atoms with Crippen LogP contribution in [0.1, 0.15) is 105 Å². The molecular weight excluding hydrogens is 510 g/mol. The van der Waals surface area contributed by atoms with Gasteiger partial charge in [-0.1, -0.05) is 32.9 Å². The summed E-state index contributed by atoms with van der Waals surface area (Å²) in [5, 5.41) is 6.14. The highest BCUT2D eigenvalue weighted by molar-refractivity contribution is 6.04. The summed E-state index contributed by atoms with van der Waals surface area (Å²) in [6.07, 6.45) is 10.7. The number of carbonyl (C=O) groups excluding carboxylic acids is 2. The van der Waals surface area contributed by atoms with Crippen LogP contribution >= 0.6 is 0 Å². The molecule has 2 aliphatic rings. The molecule has 1 heterocycles. The highest BCUT2D eigenvalue weighted by Crippen LogP contribution is 2.35. The number of carbonyl (C=O) groups is 2. The van der Waals surface area contributed by atoms with E-state index in [0.29, 0.717) is 28.8 Å². The van der Waals surface area contributed by atoms with Crippen LogP contribution in [0.2, 0.25) is 0 Å². The smallest absolute Gasteiger partial charge is 0.287 e. The summed E-state index contributed by atoms with van der Waals surface area (Å²) in [4.78, 5) is 25.6. The number of furan rings is 1. The van der Waals surface area contributed by atoms with Gasteiger partial charge in [-0.05, 0) is 129 Å². The second-order valence-corrected chi connectivity index (χ2v) is 13.2. The maximum absolute atomic E-state index is 12.9. The van der Waals surface area contributed by atoms with E-state index in [0.717, 1.165) is 30.2 Å². The Morgan fingerprint density at radius 3 is 2.00 bits per heavy atom. The summed E-state index contributed by atoms with van der Waals surface area (Å²) < 4.78 is 5.92. The quantitative estimate of drug-likeness (QED) is 0.278. The lowest BCUT2D eigenvalue weighted by molar-refractivity contribution is 0.0890. The van der Waals surface area contributed by atoms with E-state index in [4.69, 9.17) is 10.2 Å². The fraction of sp³-hybridized carbons (Fsp3) is 0.486. The first-order valence-electron chi connectivity index (χ1n) is 15.3. The Hall–Kier alpha value is -3.38. The molecule has 5 rings (SSSR count). The van der Waals surface area contributed by atoms with E-state index in [2.05, 4.69) is 31.4 Å². The maximum atomic E-state index is 12.9. The predicted octanol–water partition coefficient (Wildman–Crippen LogP) is 7.69. The number of hydrogen-bond acceptors (Lipinski definition) is 4. The Bertz CT molecular complexity index is 1300. The largest absolute Gasteiger partial charge is 0.451 e. The Balaban J connectivity index is 1.09. The van der Waals surface area contributed by atoms with Gasteiger partial charge in [0, 0.05) is 28.9 Å². The lowest BCUT2D eigenvalue weighted by Gasteiger charge is -2.33. The van der Waals surface area contributed by atoms with Crippen LogP contribution in [0.25, 0.3) is 11.3 Å². The van der Waals surface area contributed by atoms with Gasteiger partial charge in [0.15, 0.2) is 5.76 Å². The normalized spacial score (nSPS) is 23.1. The topological polar surface area (TPSA) is 97.4 Å². The van der Waals surface area contributed by atoms with E-state index in [1.54, 1.807) is 6.07 Å². The Morgan fingerprint density at radius 2 is 1.39 bits per heavy atom. The van der Waals surface area contributed by atoms with E-state index < -0.39 is 0 Å². The molecule has 0 unspecified atom stereocenters. The highest BCUT2D eigenvalue weighted by Gasteiger charge is 2.27. The van der Waals surface area contributed by atoms with Crippen LogP contribution in [0.3, 0.4) is 0 Å².